The fraction of sp³-hybridized carbons (Fsp3) is 0.538. The molecule has 1 aromatic rings. The Morgan fingerprint density at radius 3 is 2.21 bits per heavy atom. The maximum absolute atomic E-state index is 12.0. The summed E-state index contributed by atoms with van der Waals surface area (Å²) in [5, 5.41) is 9.94. The first-order valence-electron chi connectivity index (χ1n) is 6.34. The van der Waals surface area contributed by atoms with E-state index in [1.807, 2.05) is 13.8 Å². The number of aliphatic hydroxyl groups excluding tert-OH is 1. The number of hydrogen-bond acceptors (Lipinski definition) is 3. The van der Waals surface area contributed by atoms with Crippen molar-refractivity contribution in [3.05, 3.63) is 27.8 Å². The van der Waals surface area contributed by atoms with Crippen LogP contribution in [0.3, 0.4) is 0 Å². The van der Waals surface area contributed by atoms with E-state index in [1.165, 1.54) is 0 Å². The van der Waals surface area contributed by atoms with Crippen LogP contribution in [-0.4, -0.2) is 26.2 Å². The monoisotopic (exact) mass is 397 g/mol. The molecule has 0 bridgehead atoms. The Morgan fingerprint density at radius 1 is 1.21 bits per heavy atom. The van der Waals surface area contributed by atoms with Crippen LogP contribution in [0.2, 0.25) is 0 Å². The van der Waals surface area contributed by atoms with Gasteiger partial charge in [0, 0.05) is 10.1 Å². The van der Waals surface area contributed by atoms with Crippen LogP contribution in [0.25, 0.3) is 0 Å². The Labute approximate surface area is 128 Å². The molecule has 6 heteroatoms. The van der Waals surface area contributed by atoms with Crippen molar-refractivity contribution in [3.8, 4) is 0 Å². The van der Waals surface area contributed by atoms with Crippen LogP contribution in [-0.2, 0) is 10.0 Å². The van der Waals surface area contributed by atoms with Gasteiger partial charge in [-0.25, -0.2) is 13.1 Å². The van der Waals surface area contributed by atoms with E-state index in [1.54, 1.807) is 24.3 Å². The third-order valence-corrected chi connectivity index (χ3v) is 5.36. The molecule has 0 radical (unpaired) electrons. The van der Waals surface area contributed by atoms with Gasteiger partial charge in [-0.1, -0.05) is 26.7 Å². The fourth-order valence-corrected chi connectivity index (χ4v) is 3.30. The molecule has 19 heavy (non-hydrogen) atoms. The highest BCUT2D eigenvalue weighted by molar-refractivity contribution is 14.1. The normalized spacial score (nSPS) is 13.7. The molecule has 0 saturated carbocycles. The summed E-state index contributed by atoms with van der Waals surface area (Å²) in [6.07, 6.45) is 1.03. The van der Waals surface area contributed by atoms with Crippen LogP contribution in [0, 0.1) is 9.49 Å². The molecule has 4 nitrogen and oxygen atoms in total. The highest BCUT2D eigenvalue weighted by Gasteiger charge is 2.19. The van der Waals surface area contributed by atoms with Crippen LogP contribution in [0.5, 0.6) is 0 Å². The van der Waals surface area contributed by atoms with Gasteiger partial charge < -0.3 is 5.11 Å². The van der Waals surface area contributed by atoms with Gasteiger partial charge in [0.1, 0.15) is 0 Å². The first-order chi connectivity index (χ1) is 8.90. The molecule has 0 saturated heterocycles. The van der Waals surface area contributed by atoms with E-state index in [9.17, 15) is 13.5 Å². The molecule has 1 unspecified atom stereocenters. The second-order valence-corrected chi connectivity index (χ2v) is 7.46. The van der Waals surface area contributed by atoms with E-state index in [0.29, 0.717) is 0 Å². The summed E-state index contributed by atoms with van der Waals surface area (Å²) in [6.45, 7) is 4.04. The molecule has 0 aliphatic rings. The molecule has 1 aromatic carbocycles. The number of sulfonamides is 1. The molecule has 0 aliphatic carbocycles. The van der Waals surface area contributed by atoms with Crippen LogP contribution in [0.15, 0.2) is 29.2 Å². The van der Waals surface area contributed by atoms with E-state index in [0.717, 1.165) is 16.4 Å². The second kappa shape index (κ2) is 7.56. The molecule has 0 aliphatic heterocycles. The van der Waals surface area contributed by atoms with E-state index in [-0.39, 0.29) is 17.4 Å². The van der Waals surface area contributed by atoms with Crippen LogP contribution in [0.4, 0.5) is 0 Å². The minimum Gasteiger partial charge on any atom is -0.391 e. The lowest BCUT2D eigenvalue weighted by molar-refractivity contribution is 0.107. The number of aliphatic hydroxyl groups is 1. The lowest BCUT2D eigenvalue weighted by atomic mass is 9.97. The second-order valence-electron chi connectivity index (χ2n) is 4.45. The Balaban J connectivity index is 2.68. The predicted octanol–water partition coefficient (Wildman–Crippen LogP) is 2.37. The number of nitrogens with one attached hydrogen (secondary N) is 1. The van der Waals surface area contributed by atoms with E-state index < -0.39 is 16.1 Å². The third kappa shape index (κ3) is 5.02. The van der Waals surface area contributed by atoms with Crippen molar-refractivity contribution >= 4 is 32.6 Å². The Bertz CT molecular complexity index is 483. The van der Waals surface area contributed by atoms with E-state index >= 15 is 0 Å². The van der Waals surface area contributed by atoms with Crippen LogP contribution in [0.1, 0.15) is 26.7 Å². The molecule has 0 spiro atoms. The molecular formula is C13H20INO3S. The van der Waals surface area contributed by atoms with Crippen LogP contribution >= 0.6 is 22.6 Å². The smallest absolute Gasteiger partial charge is 0.240 e. The summed E-state index contributed by atoms with van der Waals surface area (Å²) in [6, 6.07) is 6.61. The fourth-order valence-electron chi connectivity index (χ4n) is 1.89. The molecule has 1 atom stereocenters. The Morgan fingerprint density at radius 2 is 1.74 bits per heavy atom. The van der Waals surface area contributed by atoms with Crippen molar-refractivity contribution in [3.63, 3.8) is 0 Å². The van der Waals surface area contributed by atoms with Crippen molar-refractivity contribution in [1.29, 1.82) is 0 Å². The number of hydrogen-bond donors (Lipinski definition) is 2. The van der Waals surface area contributed by atoms with Gasteiger partial charge in [0.15, 0.2) is 0 Å². The van der Waals surface area contributed by atoms with Gasteiger partial charge in [-0.3, -0.25) is 0 Å². The van der Waals surface area contributed by atoms with Crippen molar-refractivity contribution in [1.82, 2.24) is 4.72 Å². The maximum Gasteiger partial charge on any atom is 0.240 e. The molecule has 0 heterocycles. The largest absolute Gasteiger partial charge is 0.391 e. The van der Waals surface area contributed by atoms with Gasteiger partial charge in [0.25, 0.3) is 0 Å². The topological polar surface area (TPSA) is 66.4 Å². The first kappa shape index (κ1) is 16.9. The molecular weight excluding hydrogens is 377 g/mol. The van der Waals surface area contributed by atoms with Gasteiger partial charge >= 0.3 is 0 Å². The lowest BCUT2D eigenvalue weighted by Crippen LogP contribution is -2.36. The molecule has 108 valence electrons. The highest BCUT2D eigenvalue weighted by atomic mass is 127. The summed E-state index contributed by atoms with van der Waals surface area (Å²) in [4.78, 5) is 0.227. The summed E-state index contributed by atoms with van der Waals surface area (Å²) in [5.41, 5.74) is 0. The number of benzene rings is 1. The first-order valence-corrected chi connectivity index (χ1v) is 8.90. The molecule has 0 fully saturated rings. The standard InChI is InChI=1S/C13H20INO3S/c1-3-10(4-2)13(16)9-15-19(17,18)12-7-5-11(14)6-8-12/h5-8,10,13,15-16H,3-4,9H2,1-2H3. The summed E-state index contributed by atoms with van der Waals surface area (Å²) < 4.78 is 27.5. The zero-order valence-electron chi connectivity index (χ0n) is 11.1. The van der Waals surface area contributed by atoms with E-state index in [2.05, 4.69) is 27.3 Å². The zero-order chi connectivity index (χ0) is 14.5. The predicted molar refractivity (Wildman–Crippen MR) is 84.4 cm³/mol. The van der Waals surface area contributed by atoms with E-state index in [4.69, 9.17) is 0 Å². The SMILES string of the molecule is CCC(CC)C(O)CNS(=O)(=O)c1ccc(I)cc1. The minimum atomic E-state index is -3.54. The number of rotatable bonds is 7. The van der Waals surface area contributed by atoms with Gasteiger partial charge in [0.05, 0.1) is 11.0 Å². The van der Waals surface area contributed by atoms with Gasteiger partial charge in [-0.2, -0.15) is 0 Å². The summed E-state index contributed by atoms with van der Waals surface area (Å²) >= 11 is 2.12. The highest BCUT2D eigenvalue weighted by Crippen LogP contribution is 2.15. The third-order valence-electron chi connectivity index (χ3n) is 3.20. The molecule has 0 aromatic heterocycles. The average molecular weight is 397 g/mol. The average Bonchev–Trinajstić information content (AvgIpc) is 2.38. The van der Waals surface area contributed by atoms with Gasteiger partial charge in [0.2, 0.25) is 10.0 Å². The van der Waals surface area contributed by atoms with Crippen molar-refractivity contribution in [2.24, 2.45) is 5.92 Å². The Hall–Kier alpha value is -0.180. The van der Waals surface area contributed by atoms with Gasteiger partial charge in [-0.15, -0.1) is 0 Å². The molecule has 2 N–H and O–H groups in total. The van der Waals surface area contributed by atoms with Crippen molar-refractivity contribution in [2.45, 2.75) is 37.7 Å². The summed E-state index contributed by atoms with van der Waals surface area (Å²) in [7, 11) is -3.54. The quantitative estimate of drug-likeness (QED) is 0.695. The molecule has 0 amide bonds. The van der Waals surface area contributed by atoms with Gasteiger partial charge in [-0.05, 0) is 52.8 Å². The molecule has 1 rings (SSSR count). The number of halogens is 1. The lowest BCUT2D eigenvalue weighted by Gasteiger charge is -2.20. The summed E-state index contributed by atoms with van der Waals surface area (Å²) in [5.74, 6) is 0.124. The van der Waals surface area contributed by atoms with Crippen molar-refractivity contribution in [2.75, 3.05) is 6.54 Å². The maximum atomic E-state index is 12.0. The minimum absolute atomic E-state index is 0.0562. The van der Waals surface area contributed by atoms with Crippen LogP contribution < -0.4 is 4.72 Å². The van der Waals surface area contributed by atoms with Crippen molar-refractivity contribution < 1.29 is 13.5 Å². The zero-order valence-corrected chi connectivity index (χ0v) is 14.1. The Kier molecular flexibility index (Phi) is 6.72.